The first-order valence-electron chi connectivity index (χ1n) is 8.65. The maximum atomic E-state index is 12.8. The van der Waals surface area contributed by atoms with Gasteiger partial charge in [0.05, 0.1) is 25.0 Å². The number of rotatable bonds is 5. The van der Waals surface area contributed by atoms with Gasteiger partial charge < -0.3 is 9.64 Å². The molecule has 1 atom stereocenters. The molecule has 1 saturated heterocycles. The van der Waals surface area contributed by atoms with Crippen molar-refractivity contribution in [3.63, 3.8) is 0 Å². The summed E-state index contributed by atoms with van der Waals surface area (Å²) in [5.41, 5.74) is -0.863. The number of halogens is 3. The van der Waals surface area contributed by atoms with E-state index in [0.717, 1.165) is 25.5 Å². The van der Waals surface area contributed by atoms with E-state index in [0.29, 0.717) is 30.8 Å². The molecule has 1 unspecified atom stereocenters. The number of nitrogens with zero attached hydrogens (tertiary/aromatic N) is 5. The van der Waals surface area contributed by atoms with Crippen LogP contribution in [0, 0.1) is 5.92 Å². The molecule has 0 bridgehead atoms. The van der Waals surface area contributed by atoms with Crippen LogP contribution in [0.15, 0.2) is 24.7 Å². The van der Waals surface area contributed by atoms with Crippen molar-refractivity contribution in [2.45, 2.75) is 38.9 Å². The summed E-state index contributed by atoms with van der Waals surface area (Å²) in [6.45, 7) is 5.94. The van der Waals surface area contributed by atoms with Gasteiger partial charge in [0, 0.05) is 19.3 Å². The van der Waals surface area contributed by atoms with Crippen molar-refractivity contribution < 1.29 is 17.9 Å². The quantitative estimate of drug-likeness (QED) is 0.807. The van der Waals surface area contributed by atoms with E-state index < -0.39 is 11.9 Å². The molecule has 9 heteroatoms. The van der Waals surface area contributed by atoms with Crippen molar-refractivity contribution in [3.05, 3.63) is 30.4 Å². The fourth-order valence-electron chi connectivity index (χ4n) is 2.88. The van der Waals surface area contributed by atoms with Crippen LogP contribution in [0.3, 0.4) is 0 Å². The van der Waals surface area contributed by atoms with Gasteiger partial charge in [-0.25, -0.2) is 0 Å². The summed E-state index contributed by atoms with van der Waals surface area (Å²) in [6.07, 6.45) is 1.79. The molecular weight excluding hydrogens is 347 g/mol. The van der Waals surface area contributed by atoms with E-state index in [-0.39, 0.29) is 6.04 Å². The molecule has 0 radical (unpaired) electrons. The third-order valence-corrected chi connectivity index (χ3v) is 4.16. The van der Waals surface area contributed by atoms with Crippen molar-refractivity contribution in [2.75, 3.05) is 24.6 Å². The van der Waals surface area contributed by atoms with E-state index in [1.54, 1.807) is 12.4 Å². The highest BCUT2D eigenvalue weighted by molar-refractivity contribution is 5.38. The lowest BCUT2D eigenvalue weighted by Crippen LogP contribution is -2.37. The molecule has 1 aliphatic rings. The fourth-order valence-corrected chi connectivity index (χ4v) is 2.88. The van der Waals surface area contributed by atoms with Crippen LogP contribution < -0.4 is 9.64 Å². The highest BCUT2D eigenvalue weighted by atomic mass is 19.4. The molecule has 6 nitrogen and oxygen atoms in total. The zero-order valence-corrected chi connectivity index (χ0v) is 14.8. The summed E-state index contributed by atoms with van der Waals surface area (Å²) in [5.74, 6) is 1.50. The number of ether oxygens (including phenoxy) is 1. The molecule has 0 aromatic carbocycles. The highest BCUT2D eigenvalue weighted by Crippen LogP contribution is 2.30. The van der Waals surface area contributed by atoms with E-state index >= 15 is 0 Å². The van der Waals surface area contributed by atoms with E-state index in [2.05, 4.69) is 15.1 Å². The van der Waals surface area contributed by atoms with Crippen LogP contribution in [0.25, 0.3) is 0 Å². The topological polar surface area (TPSA) is 56.1 Å². The highest BCUT2D eigenvalue weighted by Gasteiger charge is 2.34. The van der Waals surface area contributed by atoms with Crippen molar-refractivity contribution in [2.24, 2.45) is 5.92 Å². The van der Waals surface area contributed by atoms with Crippen LogP contribution in [-0.2, 0) is 6.18 Å². The summed E-state index contributed by atoms with van der Waals surface area (Å²) in [7, 11) is 0. The van der Waals surface area contributed by atoms with Crippen LogP contribution >= 0.6 is 0 Å². The van der Waals surface area contributed by atoms with Gasteiger partial charge >= 0.3 is 6.18 Å². The first kappa shape index (κ1) is 18.5. The minimum atomic E-state index is -4.42. The lowest BCUT2D eigenvalue weighted by atomic mass is 10.1. The van der Waals surface area contributed by atoms with Crippen LogP contribution in [0.4, 0.5) is 19.0 Å². The Bertz CT molecular complexity index is 731. The van der Waals surface area contributed by atoms with E-state index in [1.165, 1.54) is 10.9 Å². The van der Waals surface area contributed by atoms with Crippen LogP contribution in [0.5, 0.6) is 5.88 Å². The second-order valence-electron chi connectivity index (χ2n) is 6.84. The lowest BCUT2D eigenvalue weighted by molar-refractivity contribution is -0.141. The van der Waals surface area contributed by atoms with Crippen molar-refractivity contribution in [1.82, 2.24) is 19.7 Å². The van der Waals surface area contributed by atoms with Gasteiger partial charge in [0.2, 0.25) is 5.88 Å². The molecule has 142 valence electrons. The molecular formula is C17H22F3N5O. The summed E-state index contributed by atoms with van der Waals surface area (Å²) in [4.78, 5) is 10.7. The van der Waals surface area contributed by atoms with E-state index in [1.807, 2.05) is 18.7 Å². The van der Waals surface area contributed by atoms with Gasteiger partial charge in [-0.2, -0.15) is 23.3 Å². The number of hydrogen-bond acceptors (Lipinski definition) is 5. The lowest BCUT2D eigenvalue weighted by Gasteiger charge is -2.33. The Labute approximate surface area is 150 Å². The Balaban J connectivity index is 1.70. The molecule has 2 aromatic heterocycles. The first-order valence-corrected chi connectivity index (χ1v) is 8.65. The average Bonchev–Trinajstić information content (AvgIpc) is 3.11. The molecule has 26 heavy (non-hydrogen) atoms. The molecule has 1 fully saturated rings. The minimum Gasteiger partial charge on any atom is -0.476 e. The second-order valence-corrected chi connectivity index (χ2v) is 6.84. The van der Waals surface area contributed by atoms with Crippen LogP contribution in [-0.4, -0.2) is 39.4 Å². The molecule has 0 spiro atoms. The third kappa shape index (κ3) is 4.44. The SMILES string of the molecule is CC(C)COc1cncc(N2CCCC(n3ccc(C(F)(F)F)n3)C2)n1. The normalized spacial score (nSPS) is 18.4. The molecule has 2 aromatic rings. The Hall–Kier alpha value is -2.32. The molecule has 0 aliphatic carbocycles. The largest absolute Gasteiger partial charge is 0.476 e. The van der Waals surface area contributed by atoms with Gasteiger partial charge in [-0.15, -0.1) is 0 Å². The number of anilines is 1. The number of alkyl halides is 3. The zero-order valence-electron chi connectivity index (χ0n) is 14.8. The second kappa shape index (κ2) is 7.51. The van der Waals surface area contributed by atoms with Crippen LogP contribution in [0.1, 0.15) is 38.4 Å². The molecule has 3 heterocycles. The predicted octanol–water partition coefficient (Wildman–Crippen LogP) is 3.57. The zero-order chi connectivity index (χ0) is 18.7. The summed E-state index contributed by atoms with van der Waals surface area (Å²) in [5, 5.41) is 3.70. The smallest absolute Gasteiger partial charge is 0.435 e. The number of piperidine rings is 1. The van der Waals surface area contributed by atoms with Gasteiger partial charge in [0.15, 0.2) is 11.5 Å². The standard InChI is InChI=1S/C17H22F3N5O/c1-12(2)11-26-16-9-21-8-15(22-16)24-6-3-4-13(10-24)25-7-5-14(23-25)17(18,19)20/h5,7-9,12-13H,3-4,6,10-11H2,1-2H3. The maximum Gasteiger partial charge on any atom is 0.435 e. The monoisotopic (exact) mass is 369 g/mol. The van der Waals surface area contributed by atoms with E-state index in [4.69, 9.17) is 4.74 Å². The molecule has 1 aliphatic heterocycles. The molecule has 3 rings (SSSR count). The van der Waals surface area contributed by atoms with Crippen LogP contribution in [0.2, 0.25) is 0 Å². The Morgan fingerprint density at radius 1 is 1.31 bits per heavy atom. The minimum absolute atomic E-state index is 0.137. The Morgan fingerprint density at radius 3 is 2.81 bits per heavy atom. The molecule has 0 saturated carbocycles. The van der Waals surface area contributed by atoms with Crippen molar-refractivity contribution in [3.8, 4) is 5.88 Å². The Morgan fingerprint density at radius 2 is 2.12 bits per heavy atom. The number of hydrogen-bond donors (Lipinski definition) is 0. The third-order valence-electron chi connectivity index (χ3n) is 4.16. The van der Waals surface area contributed by atoms with Gasteiger partial charge in [0.25, 0.3) is 0 Å². The van der Waals surface area contributed by atoms with E-state index in [9.17, 15) is 13.2 Å². The van der Waals surface area contributed by atoms with Gasteiger partial charge in [0.1, 0.15) is 0 Å². The first-order chi connectivity index (χ1) is 12.3. The van der Waals surface area contributed by atoms with Gasteiger partial charge in [-0.1, -0.05) is 13.8 Å². The fraction of sp³-hybridized carbons (Fsp3) is 0.588. The van der Waals surface area contributed by atoms with Gasteiger partial charge in [-0.3, -0.25) is 9.67 Å². The summed E-state index contributed by atoms with van der Waals surface area (Å²) in [6, 6.07) is 0.876. The Kier molecular flexibility index (Phi) is 5.33. The van der Waals surface area contributed by atoms with Gasteiger partial charge in [-0.05, 0) is 24.8 Å². The van der Waals surface area contributed by atoms with Crippen molar-refractivity contribution >= 4 is 5.82 Å². The molecule has 0 amide bonds. The number of aromatic nitrogens is 4. The predicted molar refractivity (Wildman–Crippen MR) is 90.1 cm³/mol. The maximum absolute atomic E-state index is 12.8. The molecule has 0 N–H and O–H groups in total. The summed E-state index contributed by atoms with van der Waals surface area (Å²) < 4.78 is 45.3. The average molecular weight is 369 g/mol. The summed E-state index contributed by atoms with van der Waals surface area (Å²) >= 11 is 0. The van der Waals surface area contributed by atoms with Crippen molar-refractivity contribution in [1.29, 1.82) is 0 Å².